The lowest BCUT2D eigenvalue weighted by atomic mass is 10.2. The zero-order chi connectivity index (χ0) is 17.5. The fraction of sp³-hybridized carbons (Fsp3) is 0.125. The van der Waals surface area contributed by atoms with E-state index < -0.39 is 10.8 Å². The van der Waals surface area contributed by atoms with E-state index in [1.165, 1.54) is 18.3 Å². The third kappa shape index (κ3) is 4.79. The van der Waals surface area contributed by atoms with Crippen molar-refractivity contribution in [2.24, 2.45) is 5.10 Å². The van der Waals surface area contributed by atoms with Gasteiger partial charge in [0.25, 0.3) is 11.6 Å². The molecule has 0 bridgehead atoms. The van der Waals surface area contributed by atoms with Gasteiger partial charge < -0.3 is 4.74 Å². The van der Waals surface area contributed by atoms with Gasteiger partial charge in [-0.2, -0.15) is 5.10 Å². The maximum Gasteiger partial charge on any atom is 0.278 e. The lowest BCUT2D eigenvalue weighted by Crippen LogP contribution is -2.24. The molecule has 0 atom stereocenters. The highest BCUT2D eigenvalue weighted by Crippen LogP contribution is 2.21. The maximum absolute atomic E-state index is 11.7. The highest BCUT2D eigenvalue weighted by atomic mass is 35.5. The monoisotopic (exact) mass is 347 g/mol. The van der Waals surface area contributed by atoms with Crippen LogP contribution in [0.2, 0.25) is 5.02 Å². The molecule has 0 aromatic heterocycles. The molecule has 0 spiro atoms. The van der Waals surface area contributed by atoms with E-state index >= 15 is 0 Å². The van der Waals surface area contributed by atoms with Crippen LogP contribution in [0.5, 0.6) is 5.75 Å². The van der Waals surface area contributed by atoms with Crippen LogP contribution in [0.15, 0.2) is 47.6 Å². The summed E-state index contributed by atoms with van der Waals surface area (Å²) in [6.07, 6.45) is 1.21. The molecule has 7 nitrogen and oxygen atoms in total. The van der Waals surface area contributed by atoms with E-state index in [-0.39, 0.29) is 17.9 Å². The molecule has 1 N–H and O–H groups in total. The van der Waals surface area contributed by atoms with Gasteiger partial charge >= 0.3 is 0 Å². The molecule has 0 aliphatic rings. The number of halogens is 1. The fourth-order valence-corrected chi connectivity index (χ4v) is 2.11. The summed E-state index contributed by atoms with van der Waals surface area (Å²) in [6, 6.07) is 11.1. The van der Waals surface area contributed by atoms with Crippen molar-refractivity contribution < 1.29 is 14.5 Å². The van der Waals surface area contributed by atoms with Gasteiger partial charge in [0, 0.05) is 11.1 Å². The number of hydrogen-bond acceptors (Lipinski definition) is 5. The summed E-state index contributed by atoms with van der Waals surface area (Å²) in [6.45, 7) is 1.57. The Labute approximate surface area is 143 Å². The molecule has 2 aromatic rings. The highest BCUT2D eigenvalue weighted by Gasteiger charge is 2.10. The van der Waals surface area contributed by atoms with Gasteiger partial charge in [-0.25, -0.2) is 5.43 Å². The summed E-state index contributed by atoms with van der Waals surface area (Å²) >= 11 is 5.84. The maximum atomic E-state index is 11.7. The molecule has 0 aliphatic carbocycles. The average molecular weight is 348 g/mol. The minimum Gasteiger partial charge on any atom is -0.483 e. The Hall–Kier alpha value is -2.93. The first-order valence-corrected chi connectivity index (χ1v) is 7.29. The molecule has 0 fully saturated rings. The van der Waals surface area contributed by atoms with Gasteiger partial charge in [0.15, 0.2) is 6.61 Å². The number of nitro groups is 1. The number of para-hydroxylation sites is 1. The third-order valence-corrected chi connectivity index (χ3v) is 3.26. The minimum absolute atomic E-state index is 0.0939. The van der Waals surface area contributed by atoms with E-state index in [0.29, 0.717) is 10.8 Å². The Kier molecular flexibility index (Phi) is 5.86. The number of hydrazone groups is 1. The van der Waals surface area contributed by atoms with Gasteiger partial charge in [-0.1, -0.05) is 23.7 Å². The van der Waals surface area contributed by atoms with Gasteiger partial charge in [0.05, 0.1) is 16.7 Å². The average Bonchev–Trinajstić information content (AvgIpc) is 2.54. The minimum atomic E-state index is -0.518. The normalized spacial score (nSPS) is 10.6. The van der Waals surface area contributed by atoms with Crippen molar-refractivity contribution >= 4 is 29.4 Å². The molecule has 0 saturated carbocycles. The van der Waals surface area contributed by atoms with Crippen molar-refractivity contribution in [2.75, 3.05) is 6.61 Å². The first-order valence-electron chi connectivity index (χ1n) is 6.91. The van der Waals surface area contributed by atoms with E-state index in [9.17, 15) is 14.9 Å². The lowest BCUT2D eigenvalue weighted by molar-refractivity contribution is -0.385. The SMILES string of the molecule is Cc1cc(Cl)ccc1OCC(=O)N/N=C\c1ccccc1[N+](=O)[O-]. The van der Waals surface area contributed by atoms with Crippen molar-refractivity contribution in [3.8, 4) is 5.75 Å². The molecule has 2 aromatic carbocycles. The summed E-state index contributed by atoms with van der Waals surface area (Å²) in [5.41, 5.74) is 3.25. The first-order chi connectivity index (χ1) is 11.5. The zero-order valence-electron chi connectivity index (χ0n) is 12.7. The molecule has 0 unspecified atom stereocenters. The number of aryl methyl sites for hydroxylation is 1. The van der Waals surface area contributed by atoms with Crippen molar-refractivity contribution in [2.45, 2.75) is 6.92 Å². The van der Waals surface area contributed by atoms with Gasteiger partial charge in [-0.3, -0.25) is 14.9 Å². The van der Waals surface area contributed by atoms with E-state index in [4.69, 9.17) is 16.3 Å². The zero-order valence-corrected chi connectivity index (χ0v) is 13.5. The van der Waals surface area contributed by atoms with Gasteiger partial charge in [-0.15, -0.1) is 0 Å². The van der Waals surface area contributed by atoms with Gasteiger partial charge in [0.1, 0.15) is 5.75 Å². The molecule has 0 saturated heterocycles. The van der Waals surface area contributed by atoms with Crippen molar-refractivity contribution in [1.82, 2.24) is 5.43 Å². The highest BCUT2D eigenvalue weighted by molar-refractivity contribution is 6.30. The van der Waals surface area contributed by atoms with Crippen LogP contribution in [0.4, 0.5) is 5.69 Å². The second kappa shape index (κ2) is 8.07. The van der Waals surface area contributed by atoms with Crippen LogP contribution in [-0.4, -0.2) is 23.7 Å². The number of benzene rings is 2. The molecule has 124 valence electrons. The molecule has 0 radical (unpaired) electrons. The number of hydrogen-bond donors (Lipinski definition) is 1. The standard InChI is InChI=1S/C16H14ClN3O4/c1-11-8-13(17)6-7-15(11)24-10-16(21)19-18-9-12-4-2-3-5-14(12)20(22)23/h2-9H,10H2,1H3,(H,19,21)/b18-9-. The number of carbonyl (C=O) groups excluding carboxylic acids is 1. The predicted molar refractivity (Wildman–Crippen MR) is 90.5 cm³/mol. The predicted octanol–water partition coefficient (Wildman–Crippen LogP) is 3.09. The molecule has 8 heteroatoms. The summed E-state index contributed by atoms with van der Waals surface area (Å²) < 4.78 is 5.37. The van der Waals surface area contributed by atoms with Gasteiger partial charge in [0.2, 0.25) is 0 Å². The van der Waals surface area contributed by atoms with E-state index in [1.54, 1.807) is 30.3 Å². The number of ether oxygens (including phenoxy) is 1. The molecule has 1 amide bonds. The quantitative estimate of drug-likeness (QED) is 0.493. The lowest BCUT2D eigenvalue weighted by Gasteiger charge is -2.08. The summed E-state index contributed by atoms with van der Waals surface area (Å²) in [5, 5.41) is 15.1. The summed E-state index contributed by atoms with van der Waals surface area (Å²) in [5.74, 6) is 0.0522. The number of nitrogens with one attached hydrogen (secondary N) is 1. The third-order valence-electron chi connectivity index (χ3n) is 3.02. The van der Waals surface area contributed by atoms with E-state index in [2.05, 4.69) is 10.5 Å². The van der Waals surface area contributed by atoms with E-state index in [0.717, 1.165) is 5.56 Å². The van der Waals surface area contributed by atoms with Crippen LogP contribution >= 0.6 is 11.6 Å². The Morgan fingerprint density at radius 1 is 1.38 bits per heavy atom. The van der Waals surface area contributed by atoms with Crippen LogP contribution in [0.1, 0.15) is 11.1 Å². The molecule has 24 heavy (non-hydrogen) atoms. The summed E-state index contributed by atoms with van der Waals surface area (Å²) in [4.78, 5) is 22.0. The largest absolute Gasteiger partial charge is 0.483 e. The van der Waals surface area contributed by atoms with Crippen molar-refractivity contribution in [3.05, 3.63) is 68.7 Å². The topological polar surface area (TPSA) is 93.8 Å². The number of carbonyl (C=O) groups is 1. The molecule has 2 rings (SSSR count). The smallest absolute Gasteiger partial charge is 0.278 e. The van der Waals surface area contributed by atoms with Crippen molar-refractivity contribution in [1.29, 1.82) is 0 Å². The Morgan fingerprint density at radius 2 is 2.12 bits per heavy atom. The molecule has 0 heterocycles. The van der Waals surface area contributed by atoms with Crippen LogP contribution in [0.3, 0.4) is 0 Å². The fourth-order valence-electron chi connectivity index (χ4n) is 1.89. The van der Waals surface area contributed by atoms with Crippen LogP contribution in [0.25, 0.3) is 0 Å². The second-order valence-corrected chi connectivity index (χ2v) is 5.24. The Bertz CT molecular complexity index is 793. The summed E-state index contributed by atoms with van der Waals surface area (Å²) in [7, 11) is 0. The van der Waals surface area contributed by atoms with Gasteiger partial charge in [-0.05, 0) is 36.8 Å². The van der Waals surface area contributed by atoms with E-state index in [1.807, 2.05) is 6.92 Å². The number of rotatable bonds is 6. The second-order valence-electron chi connectivity index (χ2n) is 4.81. The number of amides is 1. The Morgan fingerprint density at radius 3 is 2.83 bits per heavy atom. The molecule has 0 aliphatic heterocycles. The van der Waals surface area contributed by atoms with Crippen LogP contribution in [-0.2, 0) is 4.79 Å². The molecular formula is C16H14ClN3O4. The number of nitro benzene ring substituents is 1. The Balaban J connectivity index is 1.90. The molecular weight excluding hydrogens is 334 g/mol. The number of nitrogens with zero attached hydrogens (tertiary/aromatic N) is 2. The van der Waals surface area contributed by atoms with Crippen LogP contribution in [0, 0.1) is 17.0 Å². The van der Waals surface area contributed by atoms with Crippen LogP contribution < -0.4 is 10.2 Å². The first kappa shape index (κ1) is 17.4. The van der Waals surface area contributed by atoms with Crippen molar-refractivity contribution in [3.63, 3.8) is 0 Å².